The molecule has 6 heterocycles. The molecule has 0 saturated heterocycles. The summed E-state index contributed by atoms with van der Waals surface area (Å²) < 4.78 is 14.3. The summed E-state index contributed by atoms with van der Waals surface area (Å²) in [4.78, 5) is 0. The largest absolute Gasteiger partial charge is 0.309 e. The molecule has 0 bridgehead atoms. The minimum absolute atomic E-state index is 1.15. The van der Waals surface area contributed by atoms with E-state index in [9.17, 15) is 0 Å². The summed E-state index contributed by atoms with van der Waals surface area (Å²) in [6, 6.07) is 193. The number of hydrogen-bond acceptors (Lipinski definition) is 0. The van der Waals surface area contributed by atoms with Crippen molar-refractivity contribution >= 4 is 131 Å². The van der Waals surface area contributed by atoms with Crippen LogP contribution < -0.4 is 0 Å². The van der Waals surface area contributed by atoms with Crippen LogP contribution in [0.4, 0.5) is 0 Å². The third kappa shape index (κ3) is 14.0. The van der Waals surface area contributed by atoms with Crippen LogP contribution in [0.25, 0.3) is 243 Å². The molecule has 0 aliphatic rings. The van der Waals surface area contributed by atoms with Crippen LogP contribution in [0.15, 0.2) is 534 Å². The van der Waals surface area contributed by atoms with Gasteiger partial charge >= 0.3 is 0 Å². The Bertz CT molecular complexity index is 9520. The van der Waals surface area contributed by atoms with Gasteiger partial charge in [-0.1, -0.05) is 340 Å². The Kier molecular flexibility index (Phi) is 19.9. The topological polar surface area (TPSA) is 29.6 Å². The Morgan fingerprint density at radius 1 is 0.0797 bits per heavy atom. The maximum absolute atomic E-state index is 2.42. The van der Waals surface area contributed by atoms with Crippen LogP contribution in [0.3, 0.4) is 0 Å². The molecule has 0 fully saturated rings. The molecule has 0 radical (unpaired) electrons. The molecule has 0 aliphatic carbocycles. The van der Waals surface area contributed by atoms with Gasteiger partial charge in [-0.3, -0.25) is 0 Å². The SMILES string of the molecule is c1ccc(-c2ccc3c(c2)c2cc(-c4ccc5c(c4)c4ccccc4n5-c4ccccc4)ccc2n3-c2ccccc2)cc1.c1ccc(-c2ccc3c4cc(-c5ccc6c(c5)c5ccccc5n6-c5ccccc5)ccc4n(-c4ccccc4)c3c2)cc1.c1ccc(-c2cccc(-n3c4ccc(-c5ccccc5)cc4c4cc(-c5ccc6c(c5)c5ccccc5n6-c5ccccc5)ccc43)c2)cc1. The van der Waals surface area contributed by atoms with Gasteiger partial charge in [0.2, 0.25) is 0 Å². The third-order valence-corrected chi connectivity index (χ3v) is 27.9. The van der Waals surface area contributed by atoms with Crippen LogP contribution in [0.5, 0.6) is 0 Å². The Hall–Kier alpha value is -18.4. The Labute approximate surface area is 798 Å². The zero-order chi connectivity index (χ0) is 91.1. The Morgan fingerprint density at radius 3 is 0.500 bits per heavy atom. The molecular formula is C132H88N6. The number of para-hydroxylation sites is 8. The van der Waals surface area contributed by atoms with E-state index in [0.29, 0.717) is 0 Å². The molecule has 6 nitrogen and oxygen atoms in total. The summed E-state index contributed by atoms with van der Waals surface area (Å²) in [6.07, 6.45) is 0. The van der Waals surface area contributed by atoms with Gasteiger partial charge in [0, 0.05) is 98.8 Å². The third-order valence-electron chi connectivity index (χ3n) is 27.9. The van der Waals surface area contributed by atoms with Gasteiger partial charge in [-0.2, -0.15) is 0 Å². The number of hydrogen-bond donors (Lipinski definition) is 0. The van der Waals surface area contributed by atoms with Crippen molar-refractivity contribution in [2.24, 2.45) is 0 Å². The van der Waals surface area contributed by atoms with E-state index in [-0.39, 0.29) is 0 Å². The van der Waals surface area contributed by atoms with Gasteiger partial charge < -0.3 is 27.4 Å². The van der Waals surface area contributed by atoms with E-state index < -0.39 is 0 Å². The van der Waals surface area contributed by atoms with Crippen molar-refractivity contribution in [2.45, 2.75) is 0 Å². The van der Waals surface area contributed by atoms with Crippen molar-refractivity contribution in [3.05, 3.63) is 534 Å². The van der Waals surface area contributed by atoms with E-state index in [0.717, 1.165) is 5.69 Å². The summed E-state index contributed by atoms with van der Waals surface area (Å²) in [7, 11) is 0. The smallest absolute Gasteiger partial charge is 0.0547 e. The monoisotopic (exact) mass is 1760 g/mol. The van der Waals surface area contributed by atoms with E-state index >= 15 is 0 Å². The van der Waals surface area contributed by atoms with Gasteiger partial charge in [0.1, 0.15) is 0 Å². The summed E-state index contributed by atoms with van der Waals surface area (Å²) in [6.45, 7) is 0. The Morgan fingerprint density at radius 2 is 0.239 bits per heavy atom. The van der Waals surface area contributed by atoms with Crippen molar-refractivity contribution in [3.63, 3.8) is 0 Å². The van der Waals surface area contributed by atoms with E-state index in [1.807, 2.05) is 0 Å². The fourth-order valence-electron chi connectivity index (χ4n) is 21.5. The molecule has 0 saturated carbocycles. The maximum Gasteiger partial charge on any atom is 0.0547 e. The molecule has 0 N–H and O–H groups in total. The van der Waals surface area contributed by atoms with Gasteiger partial charge in [-0.15, -0.1) is 0 Å². The molecule has 138 heavy (non-hydrogen) atoms. The number of benzene rings is 22. The number of fused-ring (bicyclic) bond motifs is 18. The summed E-state index contributed by atoms with van der Waals surface area (Å²) in [5, 5.41) is 15.1. The molecule has 0 unspecified atom stereocenters. The first kappa shape index (κ1) is 80.5. The predicted octanol–water partition coefficient (Wildman–Crippen LogP) is 35.3. The van der Waals surface area contributed by atoms with Gasteiger partial charge in [-0.05, 0) is 272 Å². The molecule has 6 aromatic heterocycles. The highest BCUT2D eigenvalue weighted by atomic mass is 15.0. The van der Waals surface area contributed by atoms with E-state index in [1.165, 1.54) is 237 Å². The maximum atomic E-state index is 2.42. The van der Waals surface area contributed by atoms with Crippen LogP contribution in [-0.2, 0) is 0 Å². The average Bonchev–Trinajstić information content (AvgIpc) is 1.58. The van der Waals surface area contributed by atoms with Gasteiger partial charge in [0.25, 0.3) is 0 Å². The Balaban J connectivity index is 0.000000107. The average molecular weight is 1760 g/mol. The lowest BCUT2D eigenvalue weighted by atomic mass is 9.99. The minimum Gasteiger partial charge on any atom is -0.309 e. The van der Waals surface area contributed by atoms with Crippen molar-refractivity contribution in [2.75, 3.05) is 0 Å². The van der Waals surface area contributed by atoms with Crippen LogP contribution in [0, 0.1) is 0 Å². The number of rotatable bonds is 13. The van der Waals surface area contributed by atoms with Crippen molar-refractivity contribution in [1.29, 1.82) is 0 Å². The number of nitrogens with zero attached hydrogens (tertiary/aromatic N) is 6. The van der Waals surface area contributed by atoms with Crippen molar-refractivity contribution in [3.8, 4) is 112 Å². The molecule has 0 spiro atoms. The lowest BCUT2D eigenvalue weighted by Gasteiger charge is -2.11. The zero-order valence-electron chi connectivity index (χ0n) is 75.5. The summed E-state index contributed by atoms with van der Waals surface area (Å²) in [5.74, 6) is 0. The number of aromatic nitrogens is 6. The molecule has 28 aromatic rings. The van der Waals surface area contributed by atoms with Crippen LogP contribution in [-0.4, -0.2) is 27.4 Å². The molecule has 28 rings (SSSR count). The fourth-order valence-corrected chi connectivity index (χ4v) is 21.5. The van der Waals surface area contributed by atoms with Crippen LogP contribution in [0.1, 0.15) is 0 Å². The van der Waals surface area contributed by atoms with E-state index in [2.05, 4.69) is 561 Å². The van der Waals surface area contributed by atoms with E-state index in [4.69, 9.17) is 0 Å². The molecule has 646 valence electrons. The van der Waals surface area contributed by atoms with Crippen LogP contribution in [0.2, 0.25) is 0 Å². The predicted molar refractivity (Wildman–Crippen MR) is 583 cm³/mol. The first-order valence-electron chi connectivity index (χ1n) is 47.4. The van der Waals surface area contributed by atoms with Crippen LogP contribution >= 0.6 is 0 Å². The van der Waals surface area contributed by atoms with Gasteiger partial charge in [0.05, 0.1) is 66.2 Å². The fraction of sp³-hybridized carbons (Fsp3) is 0. The molecule has 6 heteroatoms. The first-order valence-corrected chi connectivity index (χ1v) is 47.4. The summed E-state index contributed by atoms with van der Waals surface area (Å²) >= 11 is 0. The second kappa shape index (κ2) is 34.0. The zero-order valence-corrected chi connectivity index (χ0v) is 75.5. The normalized spacial score (nSPS) is 11.6. The highest BCUT2D eigenvalue weighted by Crippen LogP contribution is 2.46. The highest BCUT2D eigenvalue weighted by molar-refractivity contribution is 6.18. The standard InChI is InChI=1S/C48H32N2.2C42H28N2/c1-4-13-33(14-5-1)35-17-12-20-40(29-35)50-47-26-23-36(34-15-6-2-7-16-34)30-43(47)44-32-38(25-28-48(44)50)37-24-27-46-42(31-37)41-21-10-11-22-45(41)49(46)39-18-8-3-9-19-39;1-4-12-29(13-5-1)32-20-23-36-38-27-31(22-25-41(38)44(42(36)28-32)34-16-8-3-9-17-34)30-21-24-40-37(26-30)35-18-10-11-19-39(35)43(40)33-14-6-2-7-15-33;1-4-12-29(13-5-1)30-20-23-41-37(26-30)38-28-32(22-25-42(38)44(41)34-16-8-3-9-17-34)31-21-24-40-36(27-31)35-18-10-11-19-39(35)43(40)33-14-6-2-7-15-33/h1-32H;2*1-28H. The second-order valence-corrected chi connectivity index (χ2v) is 35.8. The van der Waals surface area contributed by atoms with Gasteiger partial charge in [-0.25, -0.2) is 0 Å². The highest BCUT2D eigenvalue weighted by Gasteiger charge is 2.24. The quantitative estimate of drug-likeness (QED) is 0.110. The van der Waals surface area contributed by atoms with Crippen molar-refractivity contribution < 1.29 is 0 Å². The minimum atomic E-state index is 1.15. The summed E-state index contributed by atoms with van der Waals surface area (Å²) in [5.41, 5.74) is 38.6. The molecule has 0 amide bonds. The second-order valence-electron chi connectivity index (χ2n) is 35.8. The van der Waals surface area contributed by atoms with E-state index in [1.54, 1.807) is 0 Å². The molecule has 0 atom stereocenters. The molecule has 0 aliphatic heterocycles. The first-order chi connectivity index (χ1) is 68.5. The molecule has 22 aromatic carbocycles. The van der Waals surface area contributed by atoms with Gasteiger partial charge in [0.15, 0.2) is 0 Å². The molecular weight excluding hydrogens is 1670 g/mol. The van der Waals surface area contributed by atoms with Crippen molar-refractivity contribution in [1.82, 2.24) is 27.4 Å². The lowest BCUT2D eigenvalue weighted by molar-refractivity contribution is 1.18. The lowest BCUT2D eigenvalue weighted by Crippen LogP contribution is -1.94.